The largest absolute Gasteiger partial charge is 0.490 e. The molecule has 6 nitrogen and oxygen atoms in total. The van der Waals surface area contributed by atoms with Crippen LogP contribution in [0.4, 0.5) is 0 Å². The average Bonchev–Trinajstić information content (AvgIpc) is 3.28. The van der Waals surface area contributed by atoms with Gasteiger partial charge >= 0.3 is 5.97 Å². The third-order valence-corrected chi connectivity index (χ3v) is 4.80. The van der Waals surface area contributed by atoms with Crippen molar-refractivity contribution in [3.63, 3.8) is 0 Å². The molecule has 1 amide bonds. The van der Waals surface area contributed by atoms with Gasteiger partial charge in [0.05, 0.1) is 12.6 Å². The predicted octanol–water partition coefficient (Wildman–Crippen LogP) is 3.86. The summed E-state index contributed by atoms with van der Waals surface area (Å²) in [5.41, 5.74) is 1.18. The number of benzene rings is 1. The fourth-order valence-corrected chi connectivity index (χ4v) is 3.35. The predicted molar refractivity (Wildman–Crippen MR) is 99.9 cm³/mol. The lowest BCUT2D eigenvalue weighted by molar-refractivity contribution is -0.121. The zero-order valence-corrected chi connectivity index (χ0v) is 15.5. The fraction of sp³-hybridized carbons (Fsp3) is 0.429. The van der Waals surface area contributed by atoms with E-state index in [1.165, 1.54) is 18.9 Å². The van der Waals surface area contributed by atoms with Crippen LogP contribution in [0, 0.1) is 6.92 Å². The molecule has 1 aliphatic rings. The zero-order chi connectivity index (χ0) is 19.2. The van der Waals surface area contributed by atoms with Gasteiger partial charge in [-0.1, -0.05) is 12.1 Å². The van der Waals surface area contributed by atoms with Crippen LogP contribution >= 0.6 is 0 Å². The average molecular weight is 371 g/mol. The monoisotopic (exact) mass is 371 g/mol. The minimum Gasteiger partial charge on any atom is -0.490 e. The summed E-state index contributed by atoms with van der Waals surface area (Å²) in [5, 5.41) is 11.8. The van der Waals surface area contributed by atoms with Gasteiger partial charge in [-0.05, 0) is 62.8 Å². The van der Waals surface area contributed by atoms with E-state index in [4.69, 9.17) is 14.3 Å². The Bertz CT molecular complexity index is 805. The minimum atomic E-state index is -1.03. The van der Waals surface area contributed by atoms with Gasteiger partial charge in [0.25, 0.3) is 0 Å². The lowest BCUT2D eigenvalue weighted by Crippen LogP contribution is -2.22. The summed E-state index contributed by atoms with van der Waals surface area (Å²) >= 11 is 0. The third-order valence-electron chi connectivity index (χ3n) is 4.80. The van der Waals surface area contributed by atoms with Crippen molar-refractivity contribution in [2.75, 3.05) is 0 Å². The van der Waals surface area contributed by atoms with Crippen LogP contribution < -0.4 is 10.1 Å². The minimum absolute atomic E-state index is 0.108. The lowest BCUT2D eigenvalue weighted by atomic mass is 10.1. The number of carboxylic acids is 1. The van der Waals surface area contributed by atoms with E-state index in [2.05, 4.69) is 5.32 Å². The highest BCUT2D eigenvalue weighted by atomic mass is 16.5. The topological polar surface area (TPSA) is 88.8 Å². The molecule has 0 atom stereocenters. The summed E-state index contributed by atoms with van der Waals surface area (Å²) in [4.78, 5) is 23.1. The Balaban J connectivity index is 1.46. The van der Waals surface area contributed by atoms with Crippen LogP contribution in [0.5, 0.6) is 5.75 Å². The van der Waals surface area contributed by atoms with Crippen molar-refractivity contribution in [3.8, 4) is 5.75 Å². The first-order valence-corrected chi connectivity index (χ1v) is 9.36. The molecule has 1 saturated carbocycles. The molecule has 0 spiro atoms. The molecule has 0 saturated heterocycles. The molecule has 1 aromatic heterocycles. The molecule has 1 aromatic carbocycles. The molecule has 144 valence electrons. The molecule has 0 radical (unpaired) electrons. The maximum atomic E-state index is 12.1. The molecule has 2 N–H and O–H groups in total. The first-order chi connectivity index (χ1) is 13.0. The first-order valence-electron chi connectivity index (χ1n) is 9.36. The first kappa shape index (κ1) is 19.0. The van der Waals surface area contributed by atoms with Gasteiger partial charge in [-0.3, -0.25) is 4.79 Å². The number of hydrogen-bond acceptors (Lipinski definition) is 4. The van der Waals surface area contributed by atoms with Crippen LogP contribution in [-0.2, 0) is 17.8 Å². The molecule has 1 aliphatic carbocycles. The zero-order valence-electron chi connectivity index (χ0n) is 15.5. The quantitative estimate of drug-likeness (QED) is 0.736. The summed E-state index contributed by atoms with van der Waals surface area (Å²) in [5.74, 6) is 0.500. The second kappa shape index (κ2) is 8.75. The van der Waals surface area contributed by atoms with Gasteiger partial charge in [0.15, 0.2) is 0 Å². The van der Waals surface area contributed by atoms with Crippen LogP contribution in [0.3, 0.4) is 0 Å². The summed E-state index contributed by atoms with van der Waals surface area (Å²) in [6.45, 7) is 1.77. The molecule has 27 heavy (non-hydrogen) atoms. The van der Waals surface area contributed by atoms with Gasteiger partial charge in [-0.15, -0.1) is 0 Å². The second-order valence-corrected chi connectivity index (χ2v) is 6.94. The van der Waals surface area contributed by atoms with Crippen LogP contribution in [0.2, 0.25) is 0 Å². The van der Waals surface area contributed by atoms with Gasteiger partial charge in [-0.2, -0.15) is 0 Å². The number of aryl methyl sites for hydroxylation is 2. The van der Waals surface area contributed by atoms with Crippen LogP contribution in [-0.4, -0.2) is 23.1 Å². The number of rotatable bonds is 8. The van der Waals surface area contributed by atoms with Gasteiger partial charge in [0.2, 0.25) is 5.91 Å². The summed E-state index contributed by atoms with van der Waals surface area (Å²) in [7, 11) is 0. The number of carbonyl (C=O) groups is 2. The molecule has 1 fully saturated rings. The van der Waals surface area contributed by atoms with Gasteiger partial charge in [-0.25, -0.2) is 4.79 Å². The van der Waals surface area contributed by atoms with Crippen molar-refractivity contribution < 1.29 is 23.8 Å². The number of hydrogen-bond donors (Lipinski definition) is 2. The van der Waals surface area contributed by atoms with Crippen LogP contribution in [0.15, 0.2) is 34.7 Å². The van der Waals surface area contributed by atoms with Gasteiger partial charge in [0, 0.05) is 6.42 Å². The molecule has 0 unspecified atom stereocenters. The Hall–Kier alpha value is -2.76. The Morgan fingerprint density at radius 3 is 2.74 bits per heavy atom. The number of aromatic carboxylic acids is 1. The molecular weight excluding hydrogens is 346 g/mol. The molecule has 1 heterocycles. The van der Waals surface area contributed by atoms with E-state index in [9.17, 15) is 9.59 Å². The number of nitrogens with one attached hydrogen (secondary N) is 1. The molecule has 6 heteroatoms. The van der Waals surface area contributed by atoms with E-state index in [1.54, 1.807) is 6.92 Å². The van der Waals surface area contributed by atoms with Crippen molar-refractivity contribution in [2.45, 2.75) is 58.1 Å². The molecule has 0 bridgehead atoms. The molecular formula is C21H25NO5. The van der Waals surface area contributed by atoms with Crippen LogP contribution in [0.1, 0.15) is 59.5 Å². The van der Waals surface area contributed by atoms with E-state index in [0.29, 0.717) is 30.5 Å². The Kier molecular flexibility index (Phi) is 6.16. The van der Waals surface area contributed by atoms with E-state index >= 15 is 0 Å². The Labute approximate surface area is 158 Å². The van der Waals surface area contributed by atoms with Gasteiger partial charge in [0.1, 0.15) is 22.8 Å². The van der Waals surface area contributed by atoms with E-state index in [0.717, 1.165) is 24.2 Å². The third kappa shape index (κ3) is 5.36. The normalized spacial score (nSPS) is 14.3. The Morgan fingerprint density at radius 1 is 1.26 bits per heavy atom. The van der Waals surface area contributed by atoms with Crippen molar-refractivity contribution >= 4 is 11.9 Å². The molecule has 0 aliphatic heterocycles. The van der Waals surface area contributed by atoms with E-state index in [1.807, 2.05) is 24.3 Å². The number of carboxylic acid groups (broad SMARTS) is 1. The maximum Gasteiger partial charge on any atom is 0.339 e. The van der Waals surface area contributed by atoms with Crippen molar-refractivity contribution in [3.05, 3.63) is 53.0 Å². The summed E-state index contributed by atoms with van der Waals surface area (Å²) in [6, 6.07) is 9.35. The highest BCUT2D eigenvalue weighted by Gasteiger charge is 2.17. The molecule has 3 rings (SSSR count). The number of amides is 1. The van der Waals surface area contributed by atoms with Crippen LogP contribution in [0.25, 0.3) is 0 Å². The SMILES string of the molecule is Cc1oc(CNC(=O)CCc2cccc(OC3CCCC3)c2)cc1C(=O)O. The summed E-state index contributed by atoms with van der Waals surface area (Å²) < 4.78 is 11.4. The van der Waals surface area contributed by atoms with Crippen molar-refractivity contribution in [1.82, 2.24) is 5.32 Å². The number of furan rings is 1. The standard InChI is InChI=1S/C21H25NO5/c1-14-19(21(24)25)12-18(26-14)13-22-20(23)10-9-15-5-4-8-17(11-15)27-16-6-2-3-7-16/h4-5,8,11-12,16H,2-3,6-7,9-10,13H2,1H3,(H,22,23)(H,24,25). The lowest BCUT2D eigenvalue weighted by Gasteiger charge is -2.13. The maximum absolute atomic E-state index is 12.1. The summed E-state index contributed by atoms with van der Waals surface area (Å²) in [6.07, 6.45) is 5.96. The highest BCUT2D eigenvalue weighted by Crippen LogP contribution is 2.24. The van der Waals surface area contributed by atoms with Crippen molar-refractivity contribution in [1.29, 1.82) is 0 Å². The highest BCUT2D eigenvalue weighted by molar-refractivity contribution is 5.88. The van der Waals surface area contributed by atoms with E-state index in [-0.39, 0.29) is 18.0 Å². The number of carbonyl (C=O) groups excluding carboxylic acids is 1. The Morgan fingerprint density at radius 2 is 2.04 bits per heavy atom. The number of ether oxygens (including phenoxy) is 1. The smallest absolute Gasteiger partial charge is 0.339 e. The fourth-order valence-electron chi connectivity index (χ4n) is 3.35. The van der Waals surface area contributed by atoms with Gasteiger partial charge < -0.3 is 19.6 Å². The van der Waals surface area contributed by atoms with E-state index < -0.39 is 5.97 Å². The molecule has 2 aromatic rings. The van der Waals surface area contributed by atoms with Crippen molar-refractivity contribution in [2.24, 2.45) is 0 Å². The second-order valence-electron chi connectivity index (χ2n) is 6.94.